The maximum Gasteiger partial charge on any atom is 0.521 e. The number of hydrogen-bond donors (Lipinski definition) is 2. The van der Waals surface area contributed by atoms with Crippen LogP contribution in [0.2, 0.25) is 0 Å². The van der Waals surface area contributed by atoms with E-state index in [1.54, 1.807) is 6.08 Å². The molecule has 2 N–H and O–H groups in total. The average Bonchev–Trinajstić information content (AvgIpc) is 3.46. The number of para-hydroxylation sites is 1. The molecule has 1 amide bonds. The van der Waals surface area contributed by atoms with Crippen LogP contribution in [0.1, 0.15) is 66.5 Å². The second-order valence-electron chi connectivity index (χ2n) is 14.1. The summed E-state index contributed by atoms with van der Waals surface area (Å²) in [4.78, 5) is 29.9. The van der Waals surface area contributed by atoms with E-state index >= 15 is 0 Å². The Kier molecular flexibility index (Phi) is 10.00. The van der Waals surface area contributed by atoms with Crippen molar-refractivity contribution < 1.29 is 32.5 Å². The van der Waals surface area contributed by atoms with Crippen LogP contribution in [-0.2, 0) is 33.7 Å². The number of rotatable bonds is 13. The van der Waals surface area contributed by atoms with E-state index in [9.17, 15) is 14.7 Å². The van der Waals surface area contributed by atoms with Crippen LogP contribution in [0, 0.1) is 0 Å². The minimum Gasteiger partial charge on any atom is -0.506 e. The van der Waals surface area contributed by atoms with E-state index in [0.717, 1.165) is 45.7 Å². The third kappa shape index (κ3) is 6.18. The molecular formula is C41H50N3O6Si+. The van der Waals surface area contributed by atoms with Gasteiger partial charge in [-0.05, 0) is 76.1 Å². The molecule has 10 heteroatoms. The summed E-state index contributed by atoms with van der Waals surface area (Å²) in [5, 5.41) is 16.7. The Bertz CT molecular complexity index is 2010. The number of fused-ring (bicyclic) bond motifs is 4. The normalized spacial score (nSPS) is 19.3. The smallest absolute Gasteiger partial charge is 0.506 e. The molecule has 3 aromatic carbocycles. The van der Waals surface area contributed by atoms with Gasteiger partial charge in [0.1, 0.15) is 5.76 Å². The van der Waals surface area contributed by atoms with Gasteiger partial charge < -0.3 is 28.6 Å². The van der Waals surface area contributed by atoms with Crippen LogP contribution in [0.15, 0.2) is 95.4 Å². The zero-order chi connectivity index (χ0) is 36.7. The van der Waals surface area contributed by atoms with E-state index in [-0.39, 0.29) is 41.2 Å². The Balaban J connectivity index is 1.40. The van der Waals surface area contributed by atoms with E-state index < -0.39 is 14.2 Å². The zero-order valence-corrected chi connectivity index (χ0v) is 32.1. The number of carbonyl (C=O) groups is 2. The lowest BCUT2D eigenvalue weighted by Crippen LogP contribution is -2.56. The van der Waals surface area contributed by atoms with Crippen LogP contribution in [0.4, 0.5) is 11.4 Å². The lowest BCUT2D eigenvalue weighted by atomic mass is 9.76. The molecule has 9 nitrogen and oxygen atoms in total. The highest BCUT2D eigenvalue weighted by molar-refractivity contribution is 6.61. The number of hydrogen-bond acceptors (Lipinski definition) is 7. The van der Waals surface area contributed by atoms with Gasteiger partial charge in [0, 0.05) is 60.9 Å². The maximum absolute atomic E-state index is 14.0. The average molecular weight is 709 g/mol. The summed E-state index contributed by atoms with van der Waals surface area (Å²) in [6, 6.07) is 20.6. The molecule has 0 bridgehead atoms. The van der Waals surface area contributed by atoms with E-state index in [1.165, 1.54) is 5.56 Å². The Morgan fingerprint density at radius 3 is 2.18 bits per heavy atom. The predicted octanol–water partition coefficient (Wildman–Crippen LogP) is 6.94. The zero-order valence-electron chi connectivity index (χ0n) is 31.1. The first-order valence-corrected chi connectivity index (χ1v) is 19.9. The third-order valence-corrected chi connectivity index (χ3v) is 13.1. The van der Waals surface area contributed by atoms with Gasteiger partial charge in [-0.1, -0.05) is 56.3 Å². The van der Waals surface area contributed by atoms with Gasteiger partial charge in [0.25, 0.3) is 5.91 Å². The molecule has 268 valence electrons. The number of carbonyl (C=O) groups excluding carboxylic acids is 2. The molecule has 2 heterocycles. The van der Waals surface area contributed by atoms with Crippen LogP contribution in [0.3, 0.4) is 0 Å². The number of nitrogens with zero attached hydrogens (tertiary/aromatic N) is 2. The number of ketones is 1. The van der Waals surface area contributed by atoms with E-state index in [2.05, 4.69) is 75.2 Å². The third-order valence-electron chi connectivity index (χ3n) is 10.3. The fraction of sp³-hybridized carbons (Fsp3) is 0.390. The number of allylic oxidation sites excluding steroid dienone is 5. The Morgan fingerprint density at radius 2 is 1.53 bits per heavy atom. The largest absolute Gasteiger partial charge is 0.521 e. The van der Waals surface area contributed by atoms with Crippen LogP contribution in [-0.4, -0.2) is 75.0 Å². The lowest BCUT2D eigenvalue weighted by Gasteiger charge is -2.28. The summed E-state index contributed by atoms with van der Waals surface area (Å²) in [5.41, 5.74) is 5.54. The molecule has 0 radical (unpaired) electrons. The molecule has 0 aromatic heterocycles. The van der Waals surface area contributed by atoms with Gasteiger partial charge in [0.15, 0.2) is 5.71 Å². The molecule has 0 unspecified atom stereocenters. The van der Waals surface area contributed by atoms with Gasteiger partial charge in [-0.3, -0.25) is 9.59 Å². The highest BCUT2D eigenvalue weighted by atomic mass is 28.4. The Morgan fingerprint density at radius 1 is 0.882 bits per heavy atom. The molecule has 3 aromatic rings. The quantitative estimate of drug-likeness (QED) is 0.113. The second kappa shape index (κ2) is 14.0. The van der Waals surface area contributed by atoms with E-state index in [4.69, 9.17) is 13.3 Å². The number of Topliss-reactive ketones (excluding diaryl/α,β-unsaturated/α-hetero) is 1. The second-order valence-corrected chi connectivity index (χ2v) is 16.7. The number of amides is 1. The summed E-state index contributed by atoms with van der Waals surface area (Å²) in [5.74, 6) is -0.506. The Labute approximate surface area is 302 Å². The molecule has 6 rings (SSSR count). The van der Waals surface area contributed by atoms with Gasteiger partial charge >= 0.3 is 8.80 Å². The van der Waals surface area contributed by atoms with Crippen LogP contribution in [0.5, 0.6) is 0 Å². The summed E-state index contributed by atoms with van der Waals surface area (Å²) < 4.78 is 19.9. The van der Waals surface area contributed by atoms with Gasteiger partial charge in [0.05, 0.1) is 22.7 Å². The van der Waals surface area contributed by atoms with Crippen LogP contribution in [0.25, 0.3) is 10.8 Å². The van der Waals surface area contributed by atoms with Gasteiger partial charge in [0.2, 0.25) is 18.0 Å². The summed E-state index contributed by atoms with van der Waals surface area (Å²) >= 11 is 0. The monoisotopic (exact) mass is 708 g/mol. The van der Waals surface area contributed by atoms with Gasteiger partial charge in [-0.2, -0.15) is 4.58 Å². The van der Waals surface area contributed by atoms with E-state index in [1.807, 2.05) is 61.8 Å². The fourth-order valence-electron chi connectivity index (χ4n) is 7.94. The molecule has 0 saturated heterocycles. The number of aliphatic hydroxyl groups is 1. The highest BCUT2D eigenvalue weighted by Crippen LogP contribution is 2.49. The minimum absolute atomic E-state index is 0.0176. The summed E-state index contributed by atoms with van der Waals surface area (Å²) in [6.07, 6.45) is 3.75. The van der Waals surface area contributed by atoms with Crippen LogP contribution >= 0.6 is 0 Å². The first-order valence-electron chi connectivity index (χ1n) is 18.0. The number of anilines is 1. The molecule has 0 atom stereocenters. The molecule has 0 fully saturated rings. The van der Waals surface area contributed by atoms with Crippen molar-refractivity contribution in [2.75, 3.05) is 44.0 Å². The fourth-order valence-corrected chi connectivity index (χ4v) is 10.2. The number of nitrogens with one attached hydrogen (secondary N) is 1. The first-order chi connectivity index (χ1) is 24.3. The summed E-state index contributed by atoms with van der Waals surface area (Å²) in [7, 11) is -3.13. The van der Waals surface area contributed by atoms with E-state index in [0.29, 0.717) is 25.4 Å². The number of aliphatic hydroxyl groups excluding tert-OH is 1. The molecule has 0 saturated carbocycles. The molecule has 1 aliphatic carbocycles. The molecule has 2 aliphatic heterocycles. The highest BCUT2D eigenvalue weighted by Gasteiger charge is 2.49. The van der Waals surface area contributed by atoms with Crippen molar-refractivity contribution in [3.8, 4) is 0 Å². The maximum atomic E-state index is 14.0. The van der Waals surface area contributed by atoms with Crippen molar-refractivity contribution in [1.82, 2.24) is 5.32 Å². The van der Waals surface area contributed by atoms with Gasteiger partial charge in [-0.15, -0.1) is 0 Å². The van der Waals surface area contributed by atoms with Crippen LogP contribution < -0.4 is 10.2 Å². The SMILES string of the molecule is CCO[Si](CNC(=O)C[N+]1=C(C=C2C(=O)C(/C=C3\N(CC)c4ccccc4C3(C)C)=C2O)C(C)(C)c2c1ccc1ccccc21)(OCC)OCC. The van der Waals surface area contributed by atoms with Crippen molar-refractivity contribution in [2.24, 2.45) is 0 Å². The number of likely N-dealkylation sites (N-methyl/N-ethyl adjacent to an activating group) is 1. The molecule has 51 heavy (non-hydrogen) atoms. The Hall–Kier alpha value is -4.35. The standard InChI is InChI=1S/C41H49N3O6Si/c1-9-43-32-20-16-15-19-31(32)40(5,6)34(43)23-29-38(46)30(39(29)47)24-35-41(7,8)37-28-18-14-13-17-27(28)21-22-33(37)44(35)25-36(45)42-26-51(48-10-2,49-11-3)50-12-4/h13-24H,9-12,25-26H2,1-8H3,(H-,42,45,46,47)/p+1. The van der Waals surface area contributed by atoms with Crippen molar-refractivity contribution in [3.63, 3.8) is 0 Å². The van der Waals surface area contributed by atoms with Crippen molar-refractivity contribution in [2.45, 2.75) is 66.2 Å². The molecule has 0 spiro atoms. The molecular weight excluding hydrogens is 659 g/mol. The van der Waals surface area contributed by atoms with Crippen molar-refractivity contribution >= 4 is 48.4 Å². The first kappa shape index (κ1) is 36.4. The summed E-state index contributed by atoms with van der Waals surface area (Å²) in [6.45, 7) is 18.1. The topological polar surface area (TPSA) is 100 Å². The lowest BCUT2D eigenvalue weighted by molar-refractivity contribution is -0.425. The van der Waals surface area contributed by atoms with Crippen molar-refractivity contribution in [3.05, 3.63) is 107 Å². The predicted molar refractivity (Wildman–Crippen MR) is 204 cm³/mol. The molecule has 3 aliphatic rings. The van der Waals surface area contributed by atoms with Crippen molar-refractivity contribution in [1.29, 1.82) is 0 Å². The minimum atomic E-state index is -3.13. The number of benzene rings is 3. The van der Waals surface area contributed by atoms with Gasteiger partial charge in [-0.25, -0.2) is 0 Å².